The number of benzene rings is 2. The average Bonchev–Trinajstić information content (AvgIpc) is 3.25. The van der Waals surface area contributed by atoms with Crippen molar-refractivity contribution >= 4 is 33.0 Å². The van der Waals surface area contributed by atoms with Gasteiger partial charge in [0.05, 0.1) is 6.04 Å². The van der Waals surface area contributed by atoms with Crippen molar-refractivity contribution in [1.29, 1.82) is 0 Å². The van der Waals surface area contributed by atoms with E-state index in [1.165, 1.54) is 21.2 Å². The number of anilines is 1. The summed E-state index contributed by atoms with van der Waals surface area (Å²) < 4.78 is 1.30. The number of fused-ring (bicyclic) bond motifs is 1. The third kappa shape index (κ3) is 2.87. The van der Waals surface area contributed by atoms with Gasteiger partial charge in [-0.1, -0.05) is 30.3 Å². The molecule has 3 nitrogen and oxygen atoms in total. The Balaban J connectivity index is 1.55. The van der Waals surface area contributed by atoms with Crippen LogP contribution in [-0.4, -0.2) is 18.5 Å². The van der Waals surface area contributed by atoms with Gasteiger partial charge in [0.15, 0.2) is 0 Å². The van der Waals surface area contributed by atoms with E-state index in [9.17, 15) is 4.79 Å². The maximum Gasteiger partial charge on any atom is 0.241 e. The van der Waals surface area contributed by atoms with Crippen LogP contribution >= 0.6 is 11.3 Å². The Morgan fingerprint density at radius 3 is 2.74 bits per heavy atom. The van der Waals surface area contributed by atoms with Crippen LogP contribution in [0.25, 0.3) is 21.2 Å². The van der Waals surface area contributed by atoms with Crippen LogP contribution in [0.15, 0.2) is 53.9 Å². The van der Waals surface area contributed by atoms with Gasteiger partial charge in [-0.15, -0.1) is 11.3 Å². The molecule has 3 aromatic rings. The second-order valence-corrected chi connectivity index (χ2v) is 6.77. The van der Waals surface area contributed by atoms with Crippen molar-refractivity contribution in [2.45, 2.75) is 18.9 Å². The van der Waals surface area contributed by atoms with Crippen LogP contribution in [-0.2, 0) is 4.79 Å². The summed E-state index contributed by atoms with van der Waals surface area (Å²) in [6.45, 7) is 0.933. The van der Waals surface area contributed by atoms with E-state index in [-0.39, 0.29) is 11.9 Å². The molecule has 1 aromatic heterocycles. The lowest BCUT2D eigenvalue weighted by Gasteiger charge is -2.11. The minimum atomic E-state index is -0.0458. The Hall–Kier alpha value is -2.17. The van der Waals surface area contributed by atoms with Crippen molar-refractivity contribution in [3.8, 4) is 11.1 Å². The van der Waals surface area contributed by atoms with E-state index in [2.05, 4.69) is 52.4 Å². The SMILES string of the molecule is O=C(Nc1ccc(-c2csc3ccccc23)cc1)[C@H]1CCCN1. The molecule has 2 heterocycles. The van der Waals surface area contributed by atoms with Crippen molar-refractivity contribution in [1.82, 2.24) is 5.32 Å². The van der Waals surface area contributed by atoms with Crippen molar-refractivity contribution < 1.29 is 4.79 Å². The third-order valence-electron chi connectivity index (χ3n) is 4.32. The molecule has 1 fully saturated rings. The van der Waals surface area contributed by atoms with Crippen LogP contribution in [0.3, 0.4) is 0 Å². The number of hydrogen-bond donors (Lipinski definition) is 2. The van der Waals surface area contributed by atoms with E-state index >= 15 is 0 Å². The van der Waals surface area contributed by atoms with Crippen molar-refractivity contribution in [3.05, 3.63) is 53.9 Å². The van der Waals surface area contributed by atoms with Gasteiger partial charge in [0.1, 0.15) is 0 Å². The second-order valence-electron chi connectivity index (χ2n) is 5.86. The van der Waals surface area contributed by atoms with Crippen molar-refractivity contribution in [3.63, 3.8) is 0 Å². The van der Waals surface area contributed by atoms with Gasteiger partial charge in [-0.25, -0.2) is 0 Å². The zero-order valence-corrected chi connectivity index (χ0v) is 13.5. The molecule has 0 spiro atoms. The van der Waals surface area contributed by atoms with Gasteiger partial charge < -0.3 is 10.6 Å². The number of nitrogens with one attached hydrogen (secondary N) is 2. The largest absolute Gasteiger partial charge is 0.325 e. The second kappa shape index (κ2) is 6.14. The summed E-state index contributed by atoms with van der Waals surface area (Å²) >= 11 is 1.76. The number of carbonyl (C=O) groups excluding carboxylic acids is 1. The Kier molecular flexibility index (Phi) is 3.85. The fourth-order valence-corrected chi connectivity index (χ4v) is 4.04. The van der Waals surface area contributed by atoms with Crippen LogP contribution in [0.5, 0.6) is 0 Å². The maximum atomic E-state index is 12.1. The molecule has 1 amide bonds. The maximum absolute atomic E-state index is 12.1. The molecule has 0 aliphatic carbocycles. The van der Waals surface area contributed by atoms with Gasteiger partial charge in [0, 0.05) is 21.3 Å². The predicted octanol–water partition coefficient (Wildman–Crippen LogP) is 4.26. The van der Waals surface area contributed by atoms with E-state index in [0.717, 1.165) is 25.1 Å². The third-order valence-corrected chi connectivity index (χ3v) is 5.28. The van der Waals surface area contributed by atoms with Gasteiger partial charge in [-0.3, -0.25) is 4.79 Å². The molecule has 1 atom stereocenters. The number of amides is 1. The molecule has 2 aromatic carbocycles. The van der Waals surface area contributed by atoms with Gasteiger partial charge in [0.2, 0.25) is 5.91 Å². The van der Waals surface area contributed by atoms with Crippen LogP contribution in [0.2, 0.25) is 0 Å². The van der Waals surface area contributed by atoms with Crippen molar-refractivity contribution in [2.75, 3.05) is 11.9 Å². The quantitative estimate of drug-likeness (QED) is 0.756. The molecule has 1 saturated heterocycles. The fourth-order valence-electron chi connectivity index (χ4n) is 3.07. The Bertz CT molecular complexity index is 832. The summed E-state index contributed by atoms with van der Waals surface area (Å²) in [5.74, 6) is 0.0660. The molecule has 1 aliphatic heterocycles. The van der Waals surface area contributed by atoms with E-state index < -0.39 is 0 Å². The fraction of sp³-hybridized carbons (Fsp3) is 0.211. The molecule has 1 aliphatic rings. The molecular weight excluding hydrogens is 304 g/mol. The number of thiophene rings is 1. The molecule has 0 unspecified atom stereocenters. The van der Waals surface area contributed by atoms with E-state index in [0.29, 0.717) is 0 Å². The summed E-state index contributed by atoms with van der Waals surface area (Å²) in [6.07, 6.45) is 1.99. The lowest BCUT2D eigenvalue weighted by molar-refractivity contribution is -0.117. The highest BCUT2D eigenvalue weighted by molar-refractivity contribution is 7.17. The Morgan fingerprint density at radius 1 is 1.13 bits per heavy atom. The molecule has 0 saturated carbocycles. The van der Waals surface area contributed by atoms with E-state index in [4.69, 9.17) is 0 Å². The van der Waals surface area contributed by atoms with E-state index in [1.54, 1.807) is 11.3 Å². The van der Waals surface area contributed by atoms with Crippen LogP contribution in [0, 0.1) is 0 Å². The van der Waals surface area contributed by atoms with Gasteiger partial charge in [-0.05, 0) is 48.5 Å². The minimum Gasteiger partial charge on any atom is -0.325 e. The molecule has 4 heteroatoms. The highest BCUT2D eigenvalue weighted by Gasteiger charge is 2.21. The van der Waals surface area contributed by atoms with Gasteiger partial charge >= 0.3 is 0 Å². The monoisotopic (exact) mass is 322 g/mol. The molecule has 0 bridgehead atoms. The smallest absolute Gasteiger partial charge is 0.241 e. The van der Waals surface area contributed by atoms with Crippen LogP contribution in [0.4, 0.5) is 5.69 Å². The van der Waals surface area contributed by atoms with Crippen LogP contribution < -0.4 is 10.6 Å². The molecule has 2 N–H and O–H groups in total. The van der Waals surface area contributed by atoms with E-state index in [1.807, 2.05) is 12.1 Å². The first kappa shape index (κ1) is 14.4. The number of hydrogen-bond acceptors (Lipinski definition) is 3. The summed E-state index contributed by atoms with van der Waals surface area (Å²) in [5, 5.41) is 9.69. The first-order valence-electron chi connectivity index (χ1n) is 7.92. The predicted molar refractivity (Wildman–Crippen MR) is 96.9 cm³/mol. The first-order chi connectivity index (χ1) is 11.3. The lowest BCUT2D eigenvalue weighted by Crippen LogP contribution is -2.35. The van der Waals surface area contributed by atoms with Gasteiger partial charge in [0.25, 0.3) is 0 Å². The highest BCUT2D eigenvalue weighted by atomic mass is 32.1. The molecule has 23 heavy (non-hydrogen) atoms. The zero-order chi connectivity index (χ0) is 15.6. The minimum absolute atomic E-state index is 0.0458. The zero-order valence-electron chi connectivity index (χ0n) is 12.7. The summed E-state index contributed by atoms with van der Waals surface area (Å²) in [4.78, 5) is 12.1. The summed E-state index contributed by atoms with van der Waals surface area (Å²) in [7, 11) is 0. The molecule has 0 radical (unpaired) electrons. The molecular formula is C19H18N2OS. The Labute approximate surface area is 139 Å². The highest BCUT2D eigenvalue weighted by Crippen LogP contribution is 2.34. The number of carbonyl (C=O) groups is 1. The first-order valence-corrected chi connectivity index (χ1v) is 8.80. The summed E-state index contributed by atoms with van der Waals surface area (Å²) in [5.41, 5.74) is 3.28. The molecule has 116 valence electrons. The lowest BCUT2D eigenvalue weighted by atomic mass is 10.0. The standard InChI is InChI=1S/C19H18N2OS/c22-19(17-5-3-11-20-17)21-14-9-7-13(8-10-14)16-12-23-18-6-2-1-4-15(16)18/h1-2,4,6-10,12,17,20H,3,5,11H2,(H,21,22)/t17-/m1/s1. The molecule has 4 rings (SSSR count). The average molecular weight is 322 g/mol. The normalized spacial score (nSPS) is 17.5. The van der Waals surface area contributed by atoms with Crippen LogP contribution in [0.1, 0.15) is 12.8 Å². The Morgan fingerprint density at radius 2 is 1.96 bits per heavy atom. The summed E-state index contributed by atoms with van der Waals surface area (Å²) in [6, 6.07) is 16.5. The van der Waals surface area contributed by atoms with Gasteiger partial charge in [-0.2, -0.15) is 0 Å². The number of rotatable bonds is 3. The topological polar surface area (TPSA) is 41.1 Å². The van der Waals surface area contributed by atoms with Crippen molar-refractivity contribution in [2.24, 2.45) is 0 Å².